The van der Waals surface area contributed by atoms with Gasteiger partial charge in [-0.15, -0.1) is 0 Å². The van der Waals surface area contributed by atoms with Crippen LogP contribution in [0.3, 0.4) is 0 Å². The van der Waals surface area contributed by atoms with Gasteiger partial charge in [0.15, 0.2) is 6.29 Å². The molecule has 1 aliphatic heterocycles. The first kappa shape index (κ1) is 23.9. The zero-order valence-electron chi connectivity index (χ0n) is 19.2. The van der Waals surface area contributed by atoms with Gasteiger partial charge >= 0.3 is 18.0 Å². The number of amides is 4. The molecular weight excluding hydrogens is 424 g/mol. The summed E-state index contributed by atoms with van der Waals surface area (Å²) < 4.78 is 10.4. The first-order valence-corrected chi connectivity index (χ1v) is 11.0. The molecule has 0 aliphatic carbocycles. The summed E-state index contributed by atoms with van der Waals surface area (Å²) in [6, 6.07) is 14.0. The van der Waals surface area contributed by atoms with Crippen LogP contribution in [0.5, 0.6) is 5.75 Å². The standard InChI is InChI=1S/C24H30N4O5/c1-4-32-20-12-10-19(11-13-20)25-22-26-23(30)27(15-14-21(29)33-5-2)24(31)28(22)16-18-8-6-17(3)7-9-18/h6-13,22,25H,4-5,14-16H2,1-3H3,(H,26,30). The van der Waals surface area contributed by atoms with Crippen LogP contribution in [0, 0.1) is 6.92 Å². The first-order valence-electron chi connectivity index (χ1n) is 11.0. The number of hydrogen-bond acceptors (Lipinski definition) is 6. The van der Waals surface area contributed by atoms with Crippen molar-refractivity contribution in [1.82, 2.24) is 15.1 Å². The van der Waals surface area contributed by atoms with Gasteiger partial charge in [0.25, 0.3) is 0 Å². The number of ether oxygens (including phenoxy) is 2. The third-order valence-corrected chi connectivity index (χ3v) is 5.08. The SMILES string of the molecule is CCOC(=O)CCN1C(=O)NC(Nc2ccc(OCC)cc2)N(Cc2ccc(C)cc2)C1=O. The molecule has 9 heteroatoms. The summed E-state index contributed by atoms with van der Waals surface area (Å²) in [5.74, 6) is 0.270. The summed E-state index contributed by atoms with van der Waals surface area (Å²) in [6.45, 7) is 6.61. The van der Waals surface area contributed by atoms with Crippen LogP contribution in [0.25, 0.3) is 0 Å². The summed E-state index contributed by atoms with van der Waals surface area (Å²) in [5, 5.41) is 6.02. The van der Waals surface area contributed by atoms with E-state index in [0.29, 0.717) is 12.3 Å². The van der Waals surface area contributed by atoms with E-state index >= 15 is 0 Å². The van der Waals surface area contributed by atoms with Gasteiger partial charge in [-0.05, 0) is 50.6 Å². The van der Waals surface area contributed by atoms with E-state index in [-0.39, 0.29) is 26.1 Å². The number of nitrogens with one attached hydrogen (secondary N) is 2. The number of hydrogen-bond donors (Lipinski definition) is 2. The molecule has 2 aromatic carbocycles. The van der Waals surface area contributed by atoms with Crippen LogP contribution in [-0.4, -0.2) is 53.9 Å². The summed E-state index contributed by atoms with van der Waals surface area (Å²) in [7, 11) is 0. The third kappa shape index (κ3) is 6.38. The normalized spacial score (nSPS) is 15.8. The lowest BCUT2D eigenvalue weighted by Crippen LogP contribution is -2.67. The molecule has 1 saturated heterocycles. The van der Waals surface area contributed by atoms with Crippen LogP contribution >= 0.6 is 0 Å². The fraction of sp³-hybridized carbons (Fsp3) is 0.375. The van der Waals surface area contributed by atoms with E-state index in [4.69, 9.17) is 9.47 Å². The fourth-order valence-electron chi connectivity index (χ4n) is 3.39. The van der Waals surface area contributed by atoms with Crippen LogP contribution in [0.15, 0.2) is 48.5 Å². The number of carbonyl (C=O) groups excluding carboxylic acids is 3. The second kappa shape index (κ2) is 11.2. The number of nitrogens with zero attached hydrogens (tertiary/aromatic N) is 2. The maximum absolute atomic E-state index is 13.3. The van der Waals surface area contributed by atoms with E-state index in [2.05, 4.69) is 10.6 Å². The van der Waals surface area contributed by atoms with E-state index < -0.39 is 24.3 Å². The Morgan fingerprint density at radius 1 is 1.03 bits per heavy atom. The Balaban J connectivity index is 1.79. The minimum atomic E-state index is -0.775. The van der Waals surface area contributed by atoms with Crippen molar-refractivity contribution in [1.29, 1.82) is 0 Å². The van der Waals surface area contributed by atoms with Gasteiger partial charge in [-0.2, -0.15) is 0 Å². The van der Waals surface area contributed by atoms with Gasteiger partial charge in [-0.25, -0.2) is 14.5 Å². The molecule has 1 fully saturated rings. The zero-order chi connectivity index (χ0) is 23.8. The highest BCUT2D eigenvalue weighted by Crippen LogP contribution is 2.21. The van der Waals surface area contributed by atoms with Crippen molar-refractivity contribution in [3.05, 3.63) is 59.7 Å². The summed E-state index contributed by atoms with van der Waals surface area (Å²) in [6.07, 6.45) is -0.842. The van der Waals surface area contributed by atoms with Gasteiger partial charge in [0.2, 0.25) is 0 Å². The minimum absolute atomic E-state index is 0.0658. The molecule has 33 heavy (non-hydrogen) atoms. The molecule has 1 unspecified atom stereocenters. The second-order valence-electron chi connectivity index (χ2n) is 7.56. The molecule has 1 aliphatic rings. The highest BCUT2D eigenvalue weighted by atomic mass is 16.5. The lowest BCUT2D eigenvalue weighted by atomic mass is 10.1. The number of rotatable bonds is 10. The van der Waals surface area contributed by atoms with E-state index in [9.17, 15) is 14.4 Å². The number of aryl methyl sites for hydroxylation is 1. The van der Waals surface area contributed by atoms with E-state index in [0.717, 1.165) is 21.8 Å². The Labute approximate surface area is 193 Å². The Kier molecular flexibility index (Phi) is 8.12. The van der Waals surface area contributed by atoms with Crippen molar-refractivity contribution in [3.63, 3.8) is 0 Å². The highest BCUT2D eigenvalue weighted by molar-refractivity contribution is 5.96. The molecule has 0 saturated carbocycles. The van der Waals surface area contributed by atoms with Gasteiger partial charge in [-0.3, -0.25) is 15.0 Å². The average Bonchev–Trinajstić information content (AvgIpc) is 2.79. The third-order valence-electron chi connectivity index (χ3n) is 5.08. The van der Waals surface area contributed by atoms with Crippen molar-refractivity contribution in [2.24, 2.45) is 0 Å². The van der Waals surface area contributed by atoms with E-state index in [1.165, 1.54) is 4.90 Å². The van der Waals surface area contributed by atoms with Crippen LogP contribution in [0.4, 0.5) is 15.3 Å². The molecule has 3 rings (SSSR count). The number of carbonyl (C=O) groups is 3. The number of imide groups is 1. The molecule has 0 bridgehead atoms. The molecule has 9 nitrogen and oxygen atoms in total. The molecule has 176 valence electrons. The molecule has 2 N–H and O–H groups in total. The van der Waals surface area contributed by atoms with Crippen LogP contribution < -0.4 is 15.4 Å². The Hall–Kier alpha value is -3.75. The molecule has 0 radical (unpaired) electrons. The minimum Gasteiger partial charge on any atom is -0.494 e. The lowest BCUT2D eigenvalue weighted by molar-refractivity contribution is -0.143. The van der Waals surface area contributed by atoms with Crippen molar-refractivity contribution in [3.8, 4) is 5.75 Å². The summed E-state index contributed by atoms with van der Waals surface area (Å²) in [4.78, 5) is 40.3. The second-order valence-corrected chi connectivity index (χ2v) is 7.56. The Bertz CT molecular complexity index is 962. The van der Waals surface area contributed by atoms with Gasteiger partial charge in [0, 0.05) is 12.2 Å². The summed E-state index contributed by atoms with van der Waals surface area (Å²) >= 11 is 0. The smallest absolute Gasteiger partial charge is 0.331 e. The van der Waals surface area contributed by atoms with Crippen molar-refractivity contribution < 1.29 is 23.9 Å². The molecule has 1 heterocycles. The van der Waals surface area contributed by atoms with Crippen molar-refractivity contribution in [2.75, 3.05) is 25.1 Å². The highest BCUT2D eigenvalue weighted by Gasteiger charge is 2.38. The average molecular weight is 455 g/mol. The monoisotopic (exact) mass is 454 g/mol. The van der Waals surface area contributed by atoms with Crippen LogP contribution in [0.2, 0.25) is 0 Å². The van der Waals surface area contributed by atoms with Crippen LogP contribution in [-0.2, 0) is 16.1 Å². The Morgan fingerprint density at radius 2 is 1.73 bits per heavy atom. The lowest BCUT2D eigenvalue weighted by Gasteiger charge is -2.41. The quantitative estimate of drug-likeness (QED) is 0.531. The van der Waals surface area contributed by atoms with E-state index in [1.807, 2.05) is 62.4 Å². The molecule has 4 amide bonds. The molecule has 0 aromatic heterocycles. The van der Waals surface area contributed by atoms with Gasteiger partial charge in [-0.1, -0.05) is 29.8 Å². The van der Waals surface area contributed by atoms with Gasteiger partial charge in [0.1, 0.15) is 5.75 Å². The molecule has 0 spiro atoms. The largest absolute Gasteiger partial charge is 0.494 e. The predicted molar refractivity (Wildman–Crippen MR) is 124 cm³/mol. The summed E-state index contributed by atoms with van der Waals surface area (Å²) in [5.41, 5.74) is 2.73. The maximum Gasteiger partial charge on any atom is 0.331 e. The number of urea groups is 2. The van der Waals surface area contributed by atoms with Gasteiger partial charge in [0.05, 0.1) is 26.2 Å². The fourth-order valence-corrected chi connectivity index (χ4v) is 3.39. The van der Waals surface area contributed by atoms with Gasteiger partial charge < -0.3 is 14.8 Å². The molecule has 2 aromatic rings. The number of anilines is 1. The predicted octanol–water partition coefficient (Wildman–Crippen LogP) is 3.69. The Morgan fingerprint density at radius 3 is 2.36 bits per heavy atom. The van der Waals surface area contributed by atoms with Crippen molar-refractivity contribution in [2.45, 2.75) is 40.0 Å². The zero-order valence-corrected chi connectivity index (χ0v) is 19.2. The van der Waals surface area contributed by atoms with E-state index in [1.54, 1.807) is 6.92 Å². The first-order chi connectivity index (χ1) is 15.9. The van der Waals surface area contributed by atoms with Crippen LogP contribution in [0.1, 0.15) is 31.4 Å². The number of benzene rings is 2. The maximum atomic E-state index is 13.3. The molecule has 1 atom stereocenters. The topological polar surface area (TPSA) is 100 Å². The van der Waals surface area contributed by atoms with Crippen molar-refractivity contribution >= 4 is 23.7 Å². The molecular formula is C24H30N4O5. The number of esters is 1.